The van der Waals surface area contributed by atoms with Gasteiger partial charge in [0, 0.05) is 10.2 Å². The number of halogens is 1. The standard InChI is InChI=1S/C18H21BrO/c1-9(2)20-12-8-11-13-14(12)16-15(11)18(16,17(13)19)10-6-4-3-5-7-10/h3-7,9,11-17H,8H2,1-2H3/t11-,12-,13-,14+,15+,16-,17+,18+/m0/s1. The van der Waals surface area contributed by atoms with Gasteiger partial charge in [0.15, 0.2) is 0 Å². The zero-order chi connectivity index (χ0) is 13.6. The van der Waals surface area contributed by atoms with E-state index in [4.69, 9.17) is 4.74 Å². The number of ether oxygens (including phenoxy) is 1. The molecule has 0 spiro atoms. The molecule has 5 aliphatic rings. The molecule has 106 valence electrons. The van der Waals surface area contributed by atoms with Crippen molar-refractivity contribution in [1.29, 1.82) is 0 Å². The second-order valence-corrected chi connectivity index (χ2v) is 8.52. The quantitative estimate of drug-likeness (QED) is 0.760. The first kappa shape index (κ1) is 12.2. The van der Waals surface area contributed by atoms with Crippen molar-refractivity contribution in [3.63, 3.8) is 0 Å². The van der Waals surface area contributed by atoms with Crippen LogP contribution in [0.2, 0.25) is 0 Å². The minimum absolute atomic E-state index is 0.371. The highest BCUT2D eigenvalue weighted by atomic mass is 79.9. The lowest BCUT2D eigenvalue weighted by Crippen LogP contribution is -2.26. The first-order valence-electron chi connectivity index (χ1n) is 8.02. The lowest BCUT2D eigenvalue weighted by Gasteiger charge is -2.24. The molecule has 2 heteroatoms. The monoisotopic (exact) mass is 332 g/mol. The largest absolute Gasteiger partial charge is 0.375 e. The topological polar surface area (TPSA) is 9.23 Å². The van der Waals surface area contributed by atoms with Crippen molar-refractivity contribution in [2.45, 2.75) is 42.7 Å². The fourth-order valence-corrected chi connectivity index (χ4v) is 8.10. The van der Waals surface area contributed by atoms with Crippen molar-refractivity contribution in [3.8, 4) is 0 Å². The predicted molar refractivity (Wildman–Crippen MR) is 82.9 cm³/mol. The van der Waals surface area contributed by atoms with E-state index >= 15 is 0 Å². The molecule has 0 heterocycles. The van der Waals surface area contributed by atoms with E-state index in [0.29, 0.717) is 22.5 Å². The molecule has 0 aromatic heterocycles. The van der Waals surface area contributed by atoms with Gasteiger partial charge in [0.05, 0.1) is 12.2 Å². The Kier molecular flexibility index (Phi) is 2.26. The van der Waals surface area contributed by atoms with Crippen molar-refractivity contribution in [1.82, 2.24) is 0 Å². The van der Waals surface area contributed by atoms with E-state index in [1.54, 1.807) is 5.56 Å². The molecule has 1 aromatic rings. The Morgan fingerprint density at radius 2 is 1.90 bits per heavy atom. The summed E-state index contributed by atoms with van der Waals surface area (Å²) < 4.78 is 6.25. The number of hydrogen-bond donors (Lipinski definition) is 0. The Morgan fingerprint density at radius 1 is 1.15 bits per heavy atom. The maximum absolute atomic E-state index is 6.25. The van der Waals surface area contributed by atoms with Crippen LogP contribution in [0.4, 0.5) is 0 Å². The Morgan fingerprint density at radius 3 is 2.55 bits per heavy atom. The third-order valence-corrected chi connectivity index (χ3v) is 8.01. The van der Waals surface area contributed by atoms with Gasteiger partial charge < -0.3 is 4.74 Å². The molecular formula is C18H21BrO. The summed E-state index contributed by atoms with van der Waals surface area (Å²) in [5.74, 6) is 4.43. The summed E-state index contributed by atoms with van der Waals surface area (Å²) in [5, 5.41) is 0. The van der Waals surface area contributed by atoms with Crippen LogP contribution >= 0.6 is 15.9 Å². The number of benzene rings is 1. The lowest BCUT2D eigenvalue weighted by molar-refractivity contribution is -0.0270. The van der Waals surface area contributed by atoms with E-state index in [9.17, 15) is 0 Å². The van der Waals surface area contributed by atoms with Crippen molar-refractivity contribution in [2.75, 3.05) is 0 Å². The summed E-state index contributed by atoms with van der Waals surface area (Å²) in [6.07, 6.45) is 2.21. The first-order chi connectivity index (χ1) is 9.67. The molecular weight excluding hydrogens is 312 g/mol. The molecule has 6 rings (SSSR count). The molecule has 6 bridgehead atoms. The average Bonchev–Trinajstić information content (AvgIpc) is 2.65. The van der Waals surface area contributed by atoms with Gasteiger partial charge in [-0.05, 0) is 55.4 Å². The van der Waals surface area contributed by atoms with Crippen LogP contribution in [0, 0.1) is 29.6 Å². The van der Waals surface area contributed by atoms with Crippen LogP contribution in [0.5, 0.6) is 0 Å². The van der Waals surface area contributed by atoms with Gasteiger partial charge in [0.1, 0.15) is 0 Å². The Hall–Kier alpha value is -0.340. The maximum Gasteiger partial charge on any atom is 0.0615 e. The van der Waals surface area contributed by atoms with Gasteiger partial charge in [-0.2, -0.15) is 0 Å². The Bertz CT molecular complexity index is 552. The Balaban J connectivity index is 1.54. The number of rotatable bonds is 3. The van der Waals surface area contributed by atoms with Gasteiger partial charge >= 0.3 is 0 Å². The van der Waals surface area contributed by atoms with Crippen LogP contribution in [0.15, 0.2) is 30.3 Å². The molecule has 0 N–H and O–H groups in total. The molecule has 5 aliphatic carbocycles. The van der Waals surface area contributed by atoms with Crippen molar-refractivity contribution >= 4 is 15.9 Å². The molecule has 0 saturated heterocycles. The molecule has 8 atom stereocenters. The van der Waals surface area contributed by atoms with Crippen LogP contribution in [0.25, 0.3) is 0 Å². The fraction of sp³-hybridized carbons (Fsp3) is 0.667. The summed E-state index contributed by atoms with van der Waals surface area (Å²) in [5.41, 5.74) is 2.04. The SMILES string of the molecule is CC(C)O[C@H]1C[C@H]2[C@H]3[C@@H]1[C@H]1[C@@H]2[C@@]1(c1ccccc1)[C@@H]3Br. The van der Waals surface area contributed by atoms with E-state index in [1.165, 1.54) is 6.42 Å². The van der Waals surface area contributed by atoms with Crippen LogP contribution in [0.1, 0.15) is 25.8 Å². The summed E-state index contributed by atoms with van der Waals surface area (Å²) in [4.78, 5) is 0.683. The third-order valence-electron chi connectivity index (χ3n) is 6.64. The molecule has 1 nitrogen and oxygen atoms in total. The second kappa shape index (κ2) is 3.70. The van der Waals surface area contributed by atoms with E-state index < -0.39 is 0 Å². The summed E-state index contributed by atoms with van der Waals surface area (Å²) >= 11 is 4.11. The minimum atomic E-state index is 0.371. The summed E-state index contributed by atoms with van der Waals surface area (Å²) in [7, 11) is 0. The predicted octanol–water partition coefficient (Wildman–Crippen LogP) is 4.01. The van der Waals surface area contributed by atoms with E-state index in [-0.39, 0.29) is 0 Å². The zero-order valence-corrected chi connectivity index (χ0v) is 13.6. The molecule has 0 amide bonds. The van der Waals surface area contributed by atoms with Gasteiger partial charge in [0.2, 0.25) is 0 Å². The van der Waals surface area contributed by atoms with Gasteiger partial charge in [0.25, 0.3) is 0 Å². The molecule has 5 saturated carbocycles. The molecule has 1 aromatic carbocycles. The summed E-state index contributed by atoms with van der Waals surface area (Å²) in [6, 6.07) is 11.3. The van der Waals surface area contributed by atoms with Crippen LogP contribution in [-0.2, 0) is 10.2 Å². The maximum atomic E-state index is 6.25. The van der Waals surface area contributed by atoms with Crippen LogP contribution in [-0.4, -0.2) is 17.0 Å². The number of alkyl halides is 1. The van der Waals surface area contributed by atoms with Crippen LogP contribution < -0.4 is 0 Å². The summed E-state index contributed by atoms with van der Waals surface area (Å²) in [6.45, 7) is 4.36. The second-order valence-electron chi connectivity index (χ2n) is 7.53. The highest BCUT2D eigenvalue weighted by Crippen LogP contribution is 2.88. The van der Waals surface area contributed by atoms with Crippen molar-refractivity contribution in [3.05, 3.63) is 35.9 Å². The van der Waals surface area contributed by atoms with Crippen molar-refractivity contribution < 1.29 is 4.74 Å². The molecule has 0 unspecified atom stereocenters. The van der Waals surface area contributed by atoms with Crippen LogP contribution in [0.3, 0.4) is 0 Å². The van der Waals surface area contributed by atoms with Gasteiger partial charge in [-0.1, -0.05) is 46.3 Å². The normalized spacial score (nSPS) is 53.9. The van der Waals surface area contributed by atoms with E-state index in [1.807, 2.05) is 0 Å². The molecule has 0 radical (unpaired) electrons. The zero-order valence-electron chi connectivity index (χ0n) is 12.0. The fourth-order valence-electron chi connectivity index (χ4n) is 6.48. The molecule has 20 heavy (non-hydrogen) atoms. The van der Waals surface area contributed by atoms with E-state index in [0.717, 1.165) is 29.6 Å². The molecule has 0 aliphatic heterocycles. The highest BCUT2D eigenvalue weighted by Gasteiger charge is 2.89. The lowest BCUT2D eigenvalue weighted by atomic mass is 9.93. The number of hydrogen-bond acceptors (Lipinski definition) is 1. The van der Waals surface area contributed by atoms with E-state index in [2.05, 4.69) is 60.1 Å². The minimum Gasteiger partial charge on any atom is -0.375 e. The third kappa shape index (κ3) is 1.14. The van der Waals surface area contributed by atoms with Gasteiger partial charge in [-0.25, -0.2) is 0 Å². The molecule has 5 fully saturated rings. The highest BCUT2D eigenvalue weighted by molar-refractivity contribution is 9.09. The smallest absolute Gasteiger partial charge is 0.0615 e. The average molecular weight is 333 g/mol. The van der Waals surface area contributed by atoms with Crippen molar-refractivity contribution in [2.24, 2.45) is 29.6 Å². The van der Waals surface area contributed by atoms with Gasteiger partial charge in [-0.15, -0.1) is 0 Å². The Labute approximate surface area is 129 Å². The first-order valence-corrected chi connectivity index (χ1v) is 8.94. The van der Waals surface area contributed by atoms with Gasteiger partial charge in [-0.3, -0.25) is 0 Å².